The minimum absolute atomic E-state index is 0.0370. The Morgan fingerprint density at radius 1 is 1.07 bits per heavy atom. The lowest BCUT2D eigenvalue weighted by molar-refractivity contribution is -0.171. The Balaban J connectivity index is 0.000000769. The van der Waals surface area contributed by atoms with Gasteiger partial charge in [-0.3, -0.25) is 0 Å². The second-order valence-electron chi connectivity index (χ2n) is 8.31. The standard InChI is InChI=1S/C17H30O3.C6H14O2/c1-5-6-7-10-15(20-16(2,3)4)12-11-14-9-8-13-17(14,18)19;1-4-7-6(3)8-5-2/h14-15,18-19H,5-10,13H2,1-4H3;6H,4-5H2,1-3H3/t14-,15?;/m0./s1. The van der Waals surface area contributed by atoms with Gasteiger partial charge in [0, 0.05) is 19.6 Å². The predicted octanol–water partition coefficient (Wildman–Crippen LogP) is 4.64. The van der Waals surface area contributed by atoms with Crippen LogP contribution in [0.1, 0.15) is 93.4 Å². The first kappa shape index (κ1) is 27.4. The van der Waals surface area contributed by atoms with Crippen molar-refractivity contribution in [3.8, 4) is 11.8 Å². The van der Waals surface area contributed by atoms with Crippen LogP contribution >= 0.6 is 0 Å². The molecule has 0 amide bonds. The van der Waals surface area contributed by atoms with Gasteiger partial charge in [0.25, 0.3) is 0 Å². The van der Waals surface area contributed by atoms with Crippen molar-refractivity contribution in [2.45, 2.75) is 117 Å². The minimum atomic E-state index is -1.61. The van der Waals surface area contributed by atoms with Gasteiger partial charge in [-0.25, -0.2) is 0 Å². The maximum absolute atomic E-state index is 9.83. The number of ether oxygens (including phenoxy) is 3. The third kappa shape index (κ3) is 13.5. The van der Waals surface area contributed by atoms with Crippen molar-refractivity contribution < 1.29 is 24.4 Å². The van der Waals surface area contributed by atoms with Gasteiger partial charge < -0.3 is 24.4 Å². The molecule has 1 rings (SSSR count). The summed E-state index contributed by atoms with van der Waals surface area (Å²) in [7, 11) is 0. The number of hydrogen-bond donors (Lipinski definition) is 2. The van der Waals surface area contributed by atoms with E-state index < -0.39 is 5.79 Å². The van der Waals surface area contributed by atoms with Crippen molar-refractivity contribution in [2.75, 3.05) is 13.2 Å². The molecule has 0 saturated heterocycles. The van der Waals surface area contributed by atoms with Crippen molar-refractivity contribution in [1.29, 1.82) is 0 Å². The summed E-state index contributed by atoms with van der Waals surface area (Å²) in [6, 6.07) is 0. The normalized spacial score (nSPS) is 19.6. The van der Waals surface area contributed by atoms with Crippen LogP contribution in [-0.4, -0.2) is 47.2 Å². The summed E-state index contributed by atoms with van der Waals surface area (Å²) in [5.74, 6) is 4.24. The number of aliphatic hydroxyl groups is 2. The molecule has 28 heavy (non-hydrogen) atoms. The Bertz CT molecular complexity index is 438. The molecule has 0 spiro atoms. The summed E-state index contributed by atoms with van der Waals surface area (Å²) < 4.78 is 16.1. The van der Waals surface area contributed by atoms with Crippen LogP contribution in [0.15, 0.2) is 0 Å². The van der Waals surface area contributed by atoms with E-state index in [0.717, 1.165) is 38.9 Å². The lowest BCUT2D eigenvalue weighted by atomic mass is 10.0. The average Bonchev–Trinajstić information content (AvgIpc) is 2.91. The summed E-state index contributed by atoms with van der Waals surface area (Å²) >= 11 is 0. The van der Waals surface area contributed by atoms with Crippen LogP contribution < -0.4 is 0 Å². The molecule has 0 radical (unpaired) electrons. The Morgan fingerprint density at radius 3 is 2.11 bits per heavy atom. The molecule has 0 aromatic rings. The average molecular weight is 401 g/mol. The van der Waals surface area contributed by atoms with Gasteiger partial charge in [-0.2, -0.15) is 0 Å². The molecule has 2 atom stereocenters. The molecular formula is C23H44O5. The van der Waals surface area contributed by atoms with Gasteiger partial charge in [0.2, 0.25) is 0 Å². The summed E-state index contributed by atoms with van der Waals surface area (Å²) in [6.45, 7) is 15.5. The Labute approximate surface area is 173 Å². The van der Waals surface area contributed by atoms with Crippen LogP contribution in [0.2, 0.25) is 0 Å². The first-order valence-electron chi connectivity index (χ1n) is 10.9. The quantitative estimate of drug-likeness (QED) is 0.335. The highest BCUT2D eigenvalue weighted by atomic mass is 16.7. The number of unbranched alkanes of at least 4 members (excludes halogenated alkanes) is 2. The number of hydrogen-bond acceptors (Lipinski definition) is 5. The van der Waals surface area contributed by atoms with Crippen LogP contribution in [0.5, 0.6) is 0 Å². The molecule has 5 nitrogen and oxygen atoms in total. The third-order valence-electron chi connectivity index (χ3n) is 4.38. The smallest absolute Gasteiger partial charge is 0.176 e. The fourth-order valence-corrected chi connectivity index (χ4v) is 3.04. The molecule has 2 N–H and O–H groups in total. The maximum atomic E-state index is 9.83. The van der Waals surface area contributed by atoms with E-state index in [-0.39, 0.29) is 23.9 Å². The second kappa shape index (κ2) is 14.4. The van der Waals surface area contributed by atoms with E-state index in [1.165, 1.54) is 12.8 Å². The number of rotatable bonds is 9. The zero-order valence-electron chi connectivity index (χ0n) is 19.2. The summed E-state index contributed by atoms with van der Waals surface area (Å²) in [6.07, 6.45) is 6.22. The largest absolute Gasteiger partial charge is 0.365 e. The van der Waals surface area contributed by atoms with Crippen molar-refractivity contribution >= 4 is 0 Å². The van der Waals surface area contributed by atoms with Gasteiger partial charge >= 0.3 is 0 Å². The van der Waals surface area contributed by atoms with E-state index in [1.807, 2.05) is 41.5 Å². The SMILES string of the molecule is CCCCCC(C#C[C@@H]1CCCC1(O)O)OC(C)(C)C.CCOC(C)OCC. The molecule has 1 aliphatic rings. The van der Waals surface area contributed by atoms with E-state index in [9.17, 15) is 10.2 Å². The van der Waals surface area contributed by atoms with Crippen LogP contribution in [0, 0.1) is 17.8 Å². The predicted molar refractivity (Wildman–Crippen MR) is 114 cm³/mol. The first-order chi connectivity index (χ1) is 13.1. The molecule has 1 saturated carbocycles. The molecule has 0 aromatic carbocycles. The summed E-state index contributed by atoms with van der Waals surface area (Å²) in [4.78, 5) is 0. The van der Waals surface area contributed by atoms with Gasteiger partial charge in [0.15, 0.2) is 12.1 Å². The summed E-state index contributed by atoms with van der Waals surface area (Å²) in [5, 5.41) is 19.7. The van der Waals surface area contributed by atoms with Crippen LogP contribution in [0.3, 0.4) is 0 Å². The van der Waals surface area contributed by atoms with Gasteiger partial charge in [-0.15, -0.1) is 0 Å². The van der Waals surface area contributed by atoms with E-state index >= 15 is 0 Å². The fraction of sp³-hybridized carbons (Fsp3) is 0.913. The lowest BCUT2D eigenvalue weighted by Crippen LogP contribution is -2.32. The molecule has 5 heteroatoms. The molecule has 0 aromatic heterocycles. The highest BCUT2D eigenvalue weighted by molar-refractivity contribution is 5.13. The highest BCUT2D eigenvalue weighted by Crippen LogP contribution is 2.32. The zero-order chi connectivity index (χ0) is 21.6. The van der Waals surface area contributed by atoms with E-state index in [1.54, 1.807) is 0 Å². The molecule has 1 aliphatic carbocycles. The third-order valence-corrected chi connectivity index (χ3v) is 4.38. The molecule has 166 valence electrons. The Morgan fingerprint density at radius 2 is 1.68 bits per heavy atom. The van der Waals surface area contributed by atoms with Gasteiger partial charge in [-0.1, -0.05) is 31.6 Å². The summed E-state index contributed by atoms with van der Waals surface area (Å²) in [5.41, 5.74) is -0.225. The molecule has 0 aliphatic heterocycles. The van der Waals surface area contributed by atoms with E-state index in [2.05, 4.69) is 18.8 Å². The van der Waals surface area contributed by atoms with Crippen LogP contribution in [0.25, 0.3) is 0 Å². The van der Waals surface area contributed by atoms with Crippen molar-refractivity contribution in [3.05, 3.63) is 0 Å². The van der Waals surface area contributed by atoms with Crippen molar-refractivity contribution in [2.24, 2.45) is 5.92 Å². The zero-order valence-corrected chi connectivity index (χ0v) is 19.2. The molecular weight excluding hydrogens is 356 g/mol. The molecule has 1 unspecified atom stereocenters. The van der Waals surface area contributed by atoms with Crippen molar-refractivity contribution in [3.63, 3.8) is 0 Å². The first-order valence-corrected chi connectivity index (χ1v) is 10.9. The van der Waals surface area contributed by atoms with Crippen LogP contribution in [-0.2, 0) is 14.2 Å². The van der Waals surface area contributed by atoms with Crippen molar-refractivity contribution in [1.82, 2.24) is 0 Å². The Hall–Kier alpha value is -0.640. The van der Waals surface area contributed by atoms with Gasteiger partial charge in [0.1, 0.15) is 6.10 Å². The molecule has 1 fully saturated rings. The lowest BCUT2D eigenvalue weighted by Gasteiger charge is -2.25. The highest BCUT2D eigenvalue weighted by Gasteiger charge is 2.38. The maximum Gasteiger partial charge on any atom is 0.176 e. The fourth-order valence-electron chi connectivity index (χ4n) is 3.04. The molecule has 0 bridgehead atoms. The molecule has 0 heterocycles. The van der Waals surface area contributed by atoms with Gasteiger partial charge in [0.05, 0.1) is 11.5 Å². The minimum Gasteiger partial charge on any atom is -0.365 e. The van der Waals surface area contributed by atoms with E-state index in [0.29, 0.717) is 6.42 Å². The van der Waals surface area contributed by atoms with Crippen LogP contribution in [0.4, 0.5) is 0 Å². The van der Waals surface area contributed by atoms with E-state index in [4.69, 9.17) is 14.2 Å². The Kier molecular flexibility index (Phi) is 14.0. The van der Waals surface area contributed by atoms with Gasteiger partial charge in [-0.05, 0) is 67.2 Å². The topological polar surface area (TPSA) is 68.2 Å². The second-order valence-corrected chi connectivity index (χ2v) is 8.31. The monoisotopic (exact) mass is 400 g/mol.